The number of benzene rings is 1. The van der Waals surface area contributed by atoms with Crippen LogP contribution >= 0.6 is 15.9 Å². The molecular formula is C11H14BrF2NO. The van der Waals surface area contributed by atoms with Gasteiger partial charge in [0.1, 0.15) is 0 Å². The third-order valence-corrected chi connectivity index (χ3v) is 2.89. The predicted molar refractivity (Wildman–Crippen MR) is 62.6 cm³/mol. The highest BCUT2D eigenvalue weighted by Crippen LogP contribution is 2.32. The highest BCUT2D eigenvalue weighted by molar-refractivity contribution is 9.10. The van der Waals surface area contributed by atoms with Crippen LogP contribution in [-0.2, 0) is 6.42 Å². The van der Waals surface area contributed by atoms with Crippen molar-refractivity contribution in [3.63, 3.8) is 0 Å². The number of hydrogen-bond donors (Lipinski definition) is 1. The molecule has 2 nitrogen and oxygen atoms in total. The Hall–Kier alpha value is -0.680. The monoisotopic (exact) mass is 293 g/mol. The van der Waals surface area contributed by atoms with E-state index < -0.39 is 11.6 Å². The smallest absolute Gasteiger partial charge is 0.202 e. The van der Waals surface area contributed by atoms with Gasteiger partial charge in [0.15, 0.2) is 11.6 Å². The van der Waals surface area contributed by atoms with Crippen LogP contribution in [-0.4, -0.2) is 13.7 Å². The van der Waals surface area contributed by atoms with Gasteiger partial charge in [-0.2, -0.15) is 4.39 Å². The maximum Gasteiger partial charge on any atom is 0.202 e. The topological polar surface area (TPSA) is 35.2 Å². The van der Waals surface area contributed by atoms with Gasteiger partial charge in [-0.05, 0) is 53.4 Å². The molecule has 16 heavy (non-hydrogen) atoms. The van der Waals surface area contributed by atoms with Gasteiger partial charge in [-0.25, -0.2) is 4.39 Å². The van der Waals surface area contributed by atoms with E-state index in [-0.39, 0.29) is 5.75 Å². The first-order valence-electron chi connectivity index (χ1n) is 5.02. The first-order chi connectivity index (χ1) is 7.61. The molecule has 0 radical (unpaired) electrons. The second kappa shape index (κ2) is 6.15. The van der Waals surface area contributed by atoms with Crippen molar-refractivity contribution in [2.75, 3.05) is 13.7 Å². The van der Waals surface area contributed by atoms with Gasteiger partial charge in [0, 0.05) is 0 Å². The Bertz CT molecular complexity index is 371. The van der Waals surface area contributed by atoms with Crippen LogP contribution in [0.25, 0.3) is 0 Å². The Morgan fingerprint density at radius 1 is 1.31 bits per heavy atom. The molecule has 2 N–H and O–H groups in total. The maximum atomic E-state index is 13.5. The molecule has 0 aliphatic carbocycles. The number of methoxy groups -OCH3 is 1. The molecule has 0 fully saturated rings. The van der Waals surface area contributed by atoms with E-state index in [4.69, 9.17) is 10.5 Å². The molecule has 1 rings (SSSR count). The number of nitrogens with two attached hydrogens (primary N) is 1. The Labute approximate surface area is 102 Å². The minimum Gasteiger partial charge on any atom is -0.492 e. The molecule has 0 aliphatic rings. The Balaban J connectivity index is 2.94. The molecule has 0 aromatic heterocycles. The van der Waals surface area contributed by atoms with Crippen LogP contribution in [0.4, 0.5) is 8.78 Å². The molecule has 0 amide bonds. The van der Waals surface area contributed by atoms with Gasteiger partial charge in [-0.1, -0.05) is 0 Å². The summed E-state index contributed by atoms with van der Waals surface area (Å²) in [6.45, 7) is 0.557. The zero-order valence-corrected chi connectivity index (χ0v) is 10.6. The zero-order valence-electron chi connectivity index (χ0n) is 9.03. The lowest BCUT2D eigenvalue weighted by Crippen LogP contribution is -2.02. The van der Waals surface area contributed by atoms with Crippen molar-refractivity contribution in [2.45, 2.75) is 19.3 Å². The molecular weight excluding hydrogens is 280 g/mol. The number of unbranched alkanes of at least 4 members (excludes halogenated alkanes) is 1. The van der Waals surface area contributed by atoms with Crippen LogP contribution in [0.5, 0.6) is 5.75 Å². The average molecular weight is 294 g/mol. The molecule has 0 saturated heterocycles. The summed E-state index contributed by atoms with van der Waals surface area (Å²) < 4.78 is 32.2. The minimum absolute atomic E-state index is 0.0972. The number of hydrogen-bond acceptors (Lipinski definition) is 2. The second-order valence-electron chi connectivity index (χ2n) is 3.42. The SMILES string of the molecule is COc1c(Br)cc(CCCCN)c(F)c1F. The van der Waals surface area contributed by atoms with Crippen LogP contribution < -0.4 is 10.5 Å². The van der Waals surface area contributed by atoms with Gasteiger partial charge >= 0.3 is 0 Å². The molecule has 5 heteroatoms. The number of aryl methyl sites for hydroxylation is 1. The zero-order chi connectivity index (χ0) is 12.1. The highest BCUT2D eigenvalue weighted by atomic mass is 79.9. The standard InChI is InChI=1S/C11H14BrF2NO/c1-16-11-8(12)6-7(4-2-3-5-15)9(13)10(11)14/h6H,2-5,15H2,1H3. The van der Waals surface area contributed by atoms with Gasteiger partial charge < -0.3 is 10.5 Å². The minimum atomic E-state index is -0.945. The summed E-state index contributed by atoms with van der Waals surface area (Å²) in [7, 11) is 1.30. The molecule has 1 aromatic carbocycles. The Morgan fingerprint density at radius 2 is 2.00 bits per heavy atom. The van der Waals surface area contributed by atoms with Crippen molar-refractivity contribution < 1.29 is 13.5 Å². The Morgan fingerprint density at radius 3 is 2.56 bits per heavy atom. The lowest BCUT2D eigenvalue weighted by Gasteiger charge is -2.09. The van der Waals surface area contributed by atoms with E-state index in [1.54, 1.807) is 6.07 Å². The fraction of sp³-hybridized carbons (Fsp3) is 0.455. The van der Waals surface area contributed by atoms with Crippen LogP contribution in [0.15, 0.2) is 10.5 Å². The van der Waals surface area contributed by atoms with Crippen LogP contribution in [0.2, 0.25) is 0 Å². The molecule has 0 spiro atoms. The fourth-order valence-corrected chi connectivity index (χ4v) is 2.07. The van der Waals surface area contributed by atoms with E-state index in [2.05, 4.69) is 15.9 Å². The summed E-state index contributed by atoms with van der Waals surface area (Å²) in [5.74, 6) is -1.88. The van der Waals surface area contributed by atoms with Crippen molar-refractivity contribution in [1.29, 1.82) is 0 Å². The van der Waals surface area contributed by atoms with Gasteiger partial charge in [0.25, 0.3) is 0 Å². The van der Waals surface area contributed by atoms with Gasteiger partial charge in [0.2, 0.25) is 5.82 Å². The van der Waals surface area contributed by atoms with Crippen LogP contribution in [0, 0.1) is 11.6 Å². The molecule has 90 valence electrons. The molecule has 0 unspecified atom stereocenters. The van der Waals surface area contributed by atoms with Crippen LogP contribution in [0.3, 0.4) is 0 Å². The van der Waals surface area contributed by atoms with E-state index in [0.29, 0.717) is 23.0 Å². The largest absolute Gasteiger partial charge is 0.492 e. The summed E-state index contributed by atoms with van der Waals surface area (Å²) in [6, 6.07) is 1.55. The Kier molecular flexibility index (Phi) is 5.15. The van der Waals surface area contributed by atoms with Gasteiger partial charge in [-0.15, -0.1) is 0 Å². The predicted octanol–water partition coefficient (Wildman–Crippen LogP) is 3.02. The maximum absolute atomic E-state index is 13.5. The second-order valence-corrected chi connectivity index (χ2v) is 4.28. The van der Waals surface area contributed by atoms with Gasteiger partial charge in [-0.3, -0.25) is 0 Å². The first kappa shape index (κ1) is 13.4. The third kappa shape index (κ3) is 2.92. The number of ether oxygens (including phenoxy) is 1. The van der Waals surface area contributed by atoms with Crippen molar-refractivity contribution in [3.05, 3.63) is 27.7 Å². The lowest BCUT2D eigenvalue weighted by atomic mass is 10.1. The third-order valence-electron chi connectivity index (χ3n) is 2.30. The van der Waals surface area contributed by atoms with Crippen molar-refractivity contribution in [3.8, 4) is 5.75 Å². The summed E-state index contributed by atoms with van der Waals surface area (Å²) >= 11 is 3.14. The van der Waals surface area contributed by atoms with Crippen molar-refractivity contribution >= 4 is 15.9 Å². The summed E-state index contributed by atoms with van der Waals surface area (Å²) in [5, 5.41) is 0. The van der Waals surface area contributed by atoms with E-state index in [1.807, 2.05) is 0 Å². The van der Waals surface area contributed by atoms with Crippen molar-refractivity contribution in [2.24, 2.45) is 5.73 Å². The normalized spacial score (nSPS) is 10.6. The number of rotatable bonds is 5. The molecule has 1 aromatic rings. The average Bonchev–Trinajstić information content (AvgIpc) is 2.26. The molecule has 0 bridgehead atoms. The number of halogens is 3. The first-order valence-corrected chi connectivity index (χ1v) is 5.81. The lowest BCUT2D eigenvalue weighted by molar-refractivity contribution is 0.367. The van der Waals surface area contributed by atoms with E-state index in [0.717, 1.165) is 12.8 Å². The highest BCUT2D eigenvalue weighted by Gasteiger charge is 2.17. The fourth-order valence-electron chi connectivity index (χ4n) is 1.46. The van der Waals surface area contributed by atoms with Crippen LogP contribution in [0.1, 0.15) is 18.4 Å². The van der Waals surface area contributed by atoms with Gasteiger partial charge in [0.05, 0.1) is 11.6 Å². The van der Waals surface area contributed by atoms with Crippen molar-refractivity contribution in [1.82, 2.24) is 0 Å². The quantitative estimate of drug-likeness (QED) is 0.669. The molecule has 0 heterocycles. The molecule has 0 saturated carbocycles. The molecule has 0 atom stereocenters. The molecule has 0 aliphatic heterocycles. The summed E-state index contributed by atoms with van der Waals surface area (Å²) in [5.41, 5.74) is 5.69. The van der Waals surface area contributed by atoms with E-state index >= 15 is 0 Å². The summed E-state index contributed by atoms with van der Waals surface area (Å²) in [6.07, 6.45) is 2.01. The van der Waals surface area contributed by atoms with E-state index in [9.17, 15) is 8.78 Å². The van der Waals surface area contributed by atoms with E-state index in [1.165, 1.54) is 7.11 Å². The summed E-state index contributed by atoms with van der Waals surface area (Å²) in [4.78, 5) is 0.